The van der Waals surface area contributed by atoms with E-state index in [1.165, 1.54) is 9.21 Å². The van der Waals surface area contributed by atoms with Gasteiger partial charge in [0.05, 0.1) is 10.6 Å². The van der Waals surface area contributed by atoms with Gasteiger partial charge in [0.1, 0.15) is 12.6 Å². The number of nitrogens with one attached hydrogen (secondary N) is 1. The number of anilines is 1. The van der Waals surface area contributed by atoms with Crippen LogP contribution in [0.5, 0.6) is 0 Å². The zero-order valence-electron chi connectivity index (χ0n) is 25.9. The van der Waals surface area contributed by atoms with Crippen LogP contribution in [0.4, 0.5) is 5.69 Å². The second kappa shape index (κ2) is 14.8. The summed E-state index contributed by atoms with van der Waals surface area (Å²) in [5.74, 6) is -0.752. The summed E-state index contributed by atoms with van der Waals surface area (Å²) in [6.07, 6.45) is 1.02. The van der Waals surface area contributed by atoms with Crippen molar-refractivity contribution in [3.8, 4) is 0 Å². The molecule has 8 heteroatoms. The Morgan fingerprint density at radius 3 is 2.00 bits per heavy atom. The van der Waals surface area contributed by atoms with Gasteiger partial charge in [-0.05, 0) is 67.6 Å². The first-order valence-electron chi connectivity index (χ1n) is 14.9. The summed E-state index contributed by atoms with van der Waals surface area (Å²) in [6.45, 7) is 7.76. The average Bonchev–Trinajstić information content (AvgIpc) is 3.03. The van der Waals surface area contributed by atoms with E-state index in [1.54, 1.807) is 36.4 Å². The molecule has 0 aliphatic carbocycles. The number of benzene rings is 4. The van der Waals surface area contributed by atoms with E-state index in [4.69, 9.17) is 0 Å². The van der Waals surface area contributed by atoms with E-state index in [2.05, 4.69) is 5.32 Å². The highest BCUT2D eigenvalue weighted by Gasteiger charge is 2.35. The first kappa shape index (κ1) is 32.5. The second-order valence-electron chi connectivity index (χ2n) is 11.0. The quantitative estimate of drug-likeness (QED) is 0.202. The predicted octanol–water partition coefficient (Wildman–Crippen LogP) is 5.97. The van der Waals surface area contributed by atoms with Crippen molar-refractivity contribution in [1.82, 2.24) is 10.2 Å². The maximum Gasteiger partial charge on any atom is 0.264 e. The van der Waals surface area contributed by atoms with Crippen LogP contribution in [0.2, 0.25) is 0 Å². The monoisotopic (exact) mass is 611 g/mol. The van der Waals surface area contributed by atoms with Gasteiger partial charge < -0.3 is 10.2 Å². The van der Waals surface area contributed by atoms with Gasteiger partial charge in [0, 0.05) is 19.5 Å². The zero-order valence-corrected chi connectivity index (χ0v) is 26.7. The van der Waals surface area contributed by atoms with Crippen molar-refractivity contribution in [1.29, 1.82) is 0 Å². The van der Waals surface area contributed by atoms with E-state index in [-0.39, 0.29) is 23.8 Å². The largest absolute Gasteiger partial charge is 0.354 e. The standard InChI is InChI=1S/C36H41N3O4S/c1-5-23-37-36(41)34(24-30-14-8-6-9-15-30)38(25-31-16-10-7-11-17-31)35(40)26-39(33-18-12-13-28(3)29(33)4)44(42,43)32-21-19-27(2)20-22-32/h6-22,34H,5,23-26H2,1-4H3,(H,37,41). The molecule has 0 aliphatic rings. The number of hydrogen-bond donors (Lipinski definition) is 1. The smallest absolute Gasteiger partial charge is 0.264 e. The topological polar surface area (TPSA) is 86.8 Å². The lowest BCUT2D eigenvalue weighted by Crippen LogP contribution is -2.53. The molecule has 0 spiro atoms. The molecular formula is C36H41N3O4S. The van der Waals surface area contributed by atoms with Gasteiger partial charge >= 0.3 is 0 Å². The molecule has 2 amide bonds. The number of carbonyl (C=O) groups excluding carboxylic acids is 2. The summed E-state index contributed by atoms with van der Waals surface area (Å²) < 4.78 is 29.7. The normalized spacial score (nSPS) is 11.9. The Bertz CT molecular complexity index is 1660. The molecule has 44 heavy (non-hydrogen) atoms. The first-order valence-corrected chi connectivity index (χ1v) is 16.4. The number of amides is 2. The molecule has 0 fully saturated rings. The Hall–Kier alpha value is -4.43. The molecule has 0 aliphatic heterocycles. The number of aryl methyl sites for hydroxylation is 2. The molecule has 0 radical (unpaired) electrons. The van der Waals surface area contributed by atoms with Gasteiger partial charge in [-0.1, -0.05) is 97.4 Å². The van der Waals surface area contributed by atoms with Crippen molar-refractivity contribution in [2.75, 3.05) is 17.4 Å². The molecule has 4 rings (SSSR count). The minimum Gasteiger partial charge on any atom is -0.354 e. The van der Waals surface area contributed by atoms with E-state index >= 15 is 0 Å². The highest BCUT2D eigenvalue weighted by atomic mass is 32.2. The SMILES string of the molecule is CCCNC(=O)C(Cc1ccccc1)N(Cc1ccccc1)C(=O)CN(c1cccc(C)c1C)S(=O)(=O)c1ccc(C)cc1. The third kappa shape index (κ3) is 7.94. The molecule has 230 valence electrons. The van der Waals surface area contributed by atoms with Crippen LogP contribution in [0.1, 0.15) is 41.2 Å². The van der Waals surface area contributed by atoms with Crippen LogP contribution in [0.25, 0.3) is 0 Å². The van der Waals surface area contributed by atoms with Gasteiger partial charge in [0.25, 0.3) is 10.0 Å². The Morgan fingerprint density at radius 2 is 1.39 bits per heavy atom. The van der Waals surface area contributed by atoms with Crippen LogP contribution in [-0.2, 0) is 32.6 Å². The molecular weight excluding hydrogens is 570 g/mol. The van der Waals surface area contributed by atoms with Crippen LogP contribution < -0.4 is 9.62 Å². The van der Waals surface area contributed by atoms with E-state index in [1.807, 2.05) is 94.4 Å². The first-order chi connectivity index (χ1) is 21.1. The number of hydrogen-bond acceptors (Lipinski definition) is 4. The van der Waals surface area contributed by atoms with E-state index in [9.17, 15) is 18.0 Å². The van der Waals surface area contributed by atoms with Crippen molar-refractivity contribution in [2.24, 2.45) is 0 Å². The summed E-state index contributed by atoms with van der Waals surface area (Å²) in [5.41, 5.74) is 4.74. The maximum atomic E-state index is 14.5. The molecule has 0 aromatic heterocycles. The number of rotatable bonds is 13. The lowest BCUT2D eigenvalue weighted by Gasteiger charge is -2.34. The molecule has 1 unspecified atom stereocenters. The zero-order chi connectivity index (χ0) is 31.7. The molecule has 1 N–H and O–H groups in total. The minimum absolute atomic E-state index is 0.0907. The third-order valence-corrected chi connectivity index (χ3v) is 9.52. The third-order valence-electron chi connectivity index (χ3n) is 7.75. The summed E-state index contributed by atoms with van der Waals surface area (Å²) in [6, 6.07) is 30.2. The van der Waals surface area contributed by atoms with Gasteiger partial charge in [0.15, 0.2) is 0 Å². The fourth-order valence-corrected chi connectivity index (χ4v) is 6.53. The number of carbonyl (C=O) groups is 2. The van der Waals surface area contributed by atoms with Gasteiger partial charge in [-0.15, -0.1) is 0 Å². The summed E-state index contributed by atoms with van der Waals surface area (Å²) in [4.78, 5) is 29.8. The fraction of sp³-hybridized carbons (Fsp3) is 0.278. The second-order valence-corrected chi connectivity index (χ2v) is 12.9. The Labute approximate surface area is 261 Å². The van der Waals surface area contributed by atoms with Crippen LogP contribution in [0.15, 0.2) is 108 Å². The molecule has 0 saturated carbocycles. The van der Waals surface area contributed by atoms with Crippen LogP contribution in [0.3, 0.4) is 0 Å². The summed E-state index contributed by atoms with van der Waals surface area (Å²) in [5, 5.41) is 2.97. The van der Waals surface area contributed by atoms with Crippen molar-refractivity contribution < 1.29 is 18.0 Å². The van der Waals surface area contributed by atoms with Gasteiger partial charge in [-0.25, -0.2) is 8.42 Å². The molecule has 0 heterocycles. The van der Waals surface area contributed by atoms with Crippen molar-refractivity contribution in [2.45, 2.75) is 58.0 Å². The fourth-order valence-electron chi connectivity index (χ4n) is 5.06. The highest BCUT2D eigenvalue weighted by molar-refractivity contribution is 7.92. The van der Waals surface area contributed by atoms with Gasteiger partial charge in [-0.3, -0.25) is 13.9 Å². The lowest BCUT2D eigenvalue weighted by molar-refractivity contribution is -0.140. The molecule has 1 atom stereocenters. The number of sulfonamides is 1. The Balaban J connectivity index is 1.81. The minimum atomic E-state index is -4.15. The van der Waals surface area contributed by atoms with Crippen molar-refractivity contribution >= 4 is 27.5 Å². The van der Waals surface area contributed by atoms with Crippen molar-refractivity contribution in [3.63, 3.8) is 0 Å². The van der Waals surface area contributed by atoms with Crippen LogP contribution in [-0.4, -0.2) is 44.3 Å². The Morgan fingerprint density at radius 1 is 0.773 bits per heavy atom. The van der Waals surface area contributed by atoms with Crippen LogP contribution in [0, 0.1) is 20.8 Å². The summed E-state index contributed by atoms with van der Waals surface area (Å²) in [7, 11) is -4.15. The van der Waals surface area contributed by atoms with Gasteiger partial charge in [-0.2, -0.15) is 0 Å². The molecule has 0 bridgehead atoms. The van der Waals surface area contributed by atoms with Crippen LogP contribution >= 0.6 is 0 Å². The highest BCUT2D eigenvalue weighted by Crippen LogP contribution is 2.29. The predicted molar refractivity (Wildman–Crippen MR) is 176 cm³/mol. The molecule has 4 aromatic carbocycles. The molecule has 7 nitrogen and oxygen atoms in total. The lowest BCUT2D eigenvalue weighted by atomic mass is 10.0. The maximum absolute atomic E-state index is 14.5. The van der Waals surface area contributed by atoms with Crippen molar-refractivity contribution in [3.05, 3.63) is 131 Å². The van der Waals surface area contributed by atoms with E-state index < -0.39 is 28.5 Å². The summed E-state index contributed by atoms with van der Waals surface area (Å²) >= 11 is 0. The van der Waals surface area contributed by atoms with E-state index in [0.29, 0.717) is 12.2 Å². The van der Waals surface area contributed by atoms with E-state index in [0.717, 1.165) is 34.2 Å². The Kier molecular flexibility index (Phi) is 11.0. The molecule has 4 aromatic rings. The number of nitrogens with zero attached hydrogens (tertiary/aromatic N) is 2. The molecule has 0 saturated heterocycles. The van der Waals surface area contributed by atoms with Gasteiger partial charge in [0.2, 0.25) is 11.8 Å². The average molecular weight is 612 g/mol.